The van der Waals surface area contributed by atoms with Crippen molar-refractivity contribution in [1.29, 1.82) is 0 Å². The van der Waals surface area contributed by atoms with Gasteiger partial charge in [-0.3, -0.25) is 4.79 Å². The summed E-state index contributed by atoms with van der Waals surface area (Å²) in [6.07, 6.45) is 2.86. The molecule has 1 aromatic heterocycles. The maximum absolute atomic E-state index is 13.0. The summed E-state index contributed by atoms with van der Waals surface area (Å²) in [7, 11) is 0. The summed E-state index contributed by atoms with van der Waals surface area (Å²) in [6.45, 7) is 6.82. The van der Waals surface area contributed by atoms with Crippen LogP contribution in [0, 0.1) is 6.92 Å². The topological polar surface area (TPSA) is 112 Å². The fourth-order valence-electron chi connectivity index (χ4n) is 4.54. The molecule has 2 aromatic carbocycles. The highest BCUT2D eigenvalue weighted by atomic mass is 16.4. The van der Waals surface area contributed by atoms with Gasteiger partial charge in [-0.2, -0.15) is 0 Å². The van der Waals surface area contributed by atoms with Gasteiger partial charge in [0, 0.05) is 29.7 Å². The summed E-state index contributed by atoms with van der Waals surface area (Å²) in [5, 5.41) is 14.8. The molecule has 0 bridgehead atoms. The molecule has 3 aromatic rings. The SMILES string of the molecule is Cc1cc(NC(=O)N2CCC[C@@H]2C(=O)Nc2ccc(-c3ccc(C(=O)O)nc3)cc2)ccc1C(C)C. The Balaban J connectivity index is 1.39. The lowest BCUT2D eigenvalue weighted by Crippen LogP contribution is -2.45. The number of aromatic carboxylic acids is 1. The number of urea groups is 1. The number of aryl methyl sites for hydroxylation is 1. The van der Waals surface area contributed by atoms with Gasteiger partial charge in [0.05, 0.1) is 0 Å². The molecule has 0 radical (unpaired) electrons. The first-order chi connectivity index (χ1) is 17.2. The van der Waals surface area contributed by atoms with Crippen LogP contribution in [0.1, 0.15) is 54.2 Å². The summed E-state index contributed by atoms with van der Waals surface area (Å²) in [5.41, 5.74) is 5.30. The number of rotatable bonds is 6. The zero-order valence-electron chi connectivity index (χ0n) is 20.6. The Morgan fingerprint density at radius 2 is 1.67 bits per heavy atom. The van der Waals surface area contributed by atoms with Crippen molar-refractivity contribution in [3.8, 4) is 11.1 Å². The lowest BCUT2D eigenvalue weighted by Gasteiger charge is -2.24. The number of amides is 3. The van der Waals surface area contributed by atoms with Crippen molar-refractivity contribution >= 4 is 29.3 Å². The number of hydrogen-bond donors (Lipinski definition) is 3. The van der Waals surface area contributed by atoms with Gasteiger partial charge >= 0.3 is 12.0 Å². The summed E-state index contributed by atoms with van der Waals surface area (Å²) in [4.78, 5) is 42.5. The van der Waals surface area contributed by atoms with E-state index >= 15 is 0 Å². The van der Waals surface area contributed by atoms with Crippen LogP contribution in [-0.4, -0.2) is 45.5 Å². The minimum Gasteiger partial charge on any atom is -0.477 e. The van der Waals surface area contributed by atoms with E-state index in [1.54, 1.807) is 23.1 Å². The first kappa shape index (κ1) is 24.9. The van der Waals surface area contributed by atoms with Gasteiger partial charge in [0.1, 0.15) is 11.7 Å². The second-order valence-electron chi connectivity index (χ2n) is 9.31. The third-order valence-corrected chi connectivity index (χ3v) is 6.43. The molecule has 0 saturated carbocycles. The maximum atomic E-state index is 13.0. The number of carbonyl (C=O) groups is 3. The molecule has 4 rings (SSSR count). The zero-order valence-corrected chi connectivity index (χ0v) is 20.6. The summed E-state index contributed by atoms with van der Waals surface area (Å²) in [5.74, 6) is -0.896. The lowest BCUT2D eigenvalue weighted by molar-refractivity contribution is -0.119. The fourth-order valence-corrected chi connectivity index (χ4v) is 4.54. The summed E-state index contributed by atoms with van der Waals surface area (Å²) < 4.78 is 0. The quantitative estimate of drug-likeness (QED) is 0.425. The van der Waals surface area contributed by atoms with Gasteiger partial charge in [-0.25, -0.2) is 14.6 Å². The fraction of sp³-hybridized carbons (Fsp3) is 0.286. The molecule has 1 aliphatic heterocycles. The minimum atomic E-state index is -1.08. The predicted octanol–water partition coefficient (Wildman–Crippen LogP) is 5.51. The molecule has 8 heteroatoms. The number of pyridine rings is 1. The molecule has 1 aliphatic rings. The van der Waals surface area contributed by atoms with Crippen LogP contribution in [0.4, 0.5) is 16.2 Å². The van der Waals surface area contributed by atoms with Crippen LogP contribution in [0.3, 0.4) is 0 Å². The van der Waals surface area contributed by atoms with Crippen LogP contribution < -0.4 is 10.6 Å². The molecule has 36 heavy (non-hydrogen) atoms. The number of aromatic nitrogens is 1. The van der Waals surface area contributed by atoms with Crippen LogP contribution in [0.15, 0.2) is 60.8 Å². The molecule has 186 valence electrons. The molecule has 8 nitrogen and oxygen atoms in total. The van der Waals surface area contributed by atoms with E-state index < -0.39 is 12.0 Å². The molecule has 1 fully saturated rings. The van der Waals surface area contributed by atoms with E-state index in [1.807, 2.05) is 37.3 Å². The van der Waals surface area contributed by atoms with Gasteiger partial charge < -0.3 is 20.6 Å². The van der Waals surface area contributed by atoms with Crippen molar-refractivity contribution in [3.05, 3.63) is 77.6 Å². The highest BCUT2D eigenvalue weighted by Gasteiger charge is 2.34. The lowest BCUT2D eigenvalue weighted by atomic mass is 9.98. The number of carboxylic acid groups (broad SMARTS) is 1. The van der Waals surface area contributed by atoms with Crippen molar-refractivity contribution in [2.75, 3.05) is 17.2 Å². The standard InChI is InChI=1S/C28H30N4O4/c1-17(2)23-12-11-22(15-18(23)3)31-28(36)32-14-4-5-25(32)26(33)30-21-9-6-19(7-10-21)20-8-13-24(27(34)35)29-16-20/h6-13,15-17,25H,4-5,14H2,1-3H3,(H,30,33)(H,31,36)(H,34,35)/t25-/m1/s1. The molecule has 2 heterocycles. The Hall–Kier alpha value is -4.20. The molecule has 0 aliphatic carbocycles. The van der Waals surface area contributed by atoms with Crippen LogP contribution in [0.25, 0.3) is 11.1 Å². The second kappa shape index (κ2) is 10.6. The van der Waals surface area contributed by atoms with Crippen LogP contribution >= 0.6 is 0 Å². The summed E-state index contributed by atoms with van der Waals surface area (Å²) >= 11 is 0. The van der Waals surface area contributed by atoms with E-state index in [1.165, 1.54) is 17.8 Å². The third kappa shape index (κ3) is 5.54. The van der Waals surface area contributed by atoms with Crippen molar-refractivity contribution in [1.82, 2.24) is 9.88 Å². The number of nitrogens with one attached hydrogen (secondary N) is 2. The molecule has 1 atom stereocenters. The molecular formula is C28H30N4O4. The van der Waals surface area contributed by atoms with Gasteiger partial charge in [0.25, 0.3) is 0 Å². The van der Waals surface area contributed by atoms with Crippen molar-refractivity contribution in [2.45, 2.75) is 45.6 Å². The number of carbonyl (C=O) groups excluding carboxylic acids is 2. The Labute approximate surface area is 210 Å². The Bertz CT molecular complexity index is 1270. The minimum absolute atomic E-state index is 0.0181. The van der Waals surface area contributed by atoms with Gasteiger partial charge in [-0.1, -0.05) is 38.1 Å². The molecular weight excluding hydrogens is 456 g/mol. The van der Waals surface area contributed by atoms with E-state index in [2.05, 4.69) is 29.5 Å². The van der Waals surface area contributed by atoms with Crippen LogP contribution in [0.5, 0.6) is 0 Å². The monoisotopic (exact) mass is 486 g/mol. The number of benzene rings is 2. The zero-order chi connectivity index (χ0) is 25.8. The number of hydrogen-bond acceptors (Lipinski definition) is 4. The van der Waals surface area contributed by atoms with E-state index in [0.717, 1.165) is 28.8 Å². The molecule has 0 spiro atoms. The maximum Gasteiger partial charge on any atom is 0.354 e. The average molecular weight is 487 g/mol. The molecule has 0 unspecified atom stereocenters. The smallest absolute Gasteiger partial charge is 0.354 e. The number of carboxylic acids is 1. The third-order valence-electron chi connectivity index (χ3n) is 6.43. The number of nitrogens with zero attached hydrogens (tertiary/aromatic N) is 2. The Kier molecular flexibility index (Phi) is 7.33. The first-order valence-electron chi connectivity index (χ1n) is 12.0. The number of anilines is 2. The predicted molar refractivity (Wildman–Crippen MR) is 139 cm³/mol. The molecule has 3 amide bonds. The summed E-state index contributed by atoms with van der Waals surface area (Å²) in [6, 6.07) is 15.4. The van der Waals surface area contributed by atoms with E-state index in [-0.39, 0.29) is 17.6 Å². The Morgan fingerprint density at radius 1 is 0.972 bits per heavy atom. The van der Waals surface area contributed by atoms with Gasteiger partial charge in [0.2, 0.25) is 5.91 Å². The van der Waals surface area contributed by atoms with E-state index in [0.29, 0.717) is 24.6 Å². The molecule has 3 N–H and O–H groups in total. The van der Waals surface area contributed by atoms with Gasteiger partial charge in [-0.05, 0) is 72.7 Å². The second-order valence-corrected chi connectivity index (χ2v) is 9.31. The van der Waals surface area contributed by atoms with Crippen molar-refractivity contribution in [3.63, 3.8) is 0 Å². The largest absolute Gasteiger partial charge is 0.477 e. The van der Waals surface area contributed by atoms with E-state index in [9.17, 15) is 14.4 Å². The van der Waals surface area contributed by atoms with Crippen molar-refractivity contribution in [2.24, 2.45) is 0 Å². The normalized spacial score (nSPS) is 15.1. The average Bonchev–Trinajstić information content (AvgIpc) is 3.35. The van der Waals surface area contributed by atoms with Gasteiger partial charge in [0.15, 0.2) is 0 Å². The first-order valence-corrected chi connectivity index (χ1v) is 12.0. The van der Waals surface area contributed by atoms with E-state index in [4.69, 9.17) is 5.11 Å². The van der Waals surface area contributed by atoms with Crippen LogP contribution in [0.2, 0.25) is 0 Å². The Morgan fingerprint density at radius 3 is 2.28 bits per heavy atom. The highest BCUT2D eigenvalue weighted by molar-refractivity contribution is 5.99. The van der Waals surface area contributed by atoms with Crippen molar-refractivity contribution < 1.29 is 19.5 Å². The van der Waals surface area contributed by atoms with Gasteiger partial charge in [-0.15, -0.1) is 0 Å². The highest BCUT2D eigenvalue weighted by Crippen LogP contribution is 2.25. The molecule has 1 saturated heterocycles. The number of likely N-dealkylation sites (tertiary alicyclic amines) is 1. The van der Waals surface area contributed by atoms with Crippen LogP contribution in [-0.2, 0) is 4.79 Å².